The molecular formula is C21H19NO4. The Morgan fingerprint density at radius 3 is 2.81 bits per heavy atom. The molecule has 2 unspecified atom stereocenters. The van der Waals surface area contributed by atoms with E-state index in [1.165, 1.54) is 6.07 Å². The lowest BCUT2D eigenvalue weighted by Gasteiger charge is -2.10. The summed E-state index contributed by atoms with van der Waals surface area (Å²) >= 11 is 0. The van der Waals surface area contributed by atoms with Gasteiger partial charge in [-0.15, -0.1) is 6.42 Å². The van der Waals surface area contributed by atoms with Gasteiger partial charge in [-0.05, 0) is 48.6 Å². The van der Waals surface area contributed by atoms with E-state index in [9.17, 15) is 14.7 Å². The molecule has 132 valence electrons. The summed E-state index contributed by atoms with van der Waals surface area (Å²) in [6.07, 6.45) is 5.96. The Kier molecular flexibility index (Phi) is 4.94. The van der Waals surface area contributed by atoms with Crippen LogP contribution >= 0.6 is 0 Å². The highest BCUT2D eigenvalue weighted by Gasteiger charge is 2.44. The molecule has 0 aromatic heterocycles. The normalized spacial score (nSPS) is 17.8. The summed E-state index contributed by atoms with van der Waals surface area (Å²) < 4.78 is 5.54. The standard InChI is InChI=1S/C21H19NO4/c1-3-10-26-19-11-14(9-8-13(19)2)16-12-17(16)20(23)22-18-7-5-4-6-15(18)21(24)25/h1,4-9,11,16-17H,10,12H2,2H3,(H,22,23)(H,24,25). The van der Waals surface area contributed by atoms with E-state index in [4.69, 9.17) is 11.2 Å². The molecule has 0 aliphatic heterocycles. The van der Waals surface area contributed by atoms with Gasteiger partial charge in [0.2, 0.25) is 5.91 Å². The molecule has 26 heavy (non-hydrogen) atoms. The van der Waals surface area contributed by atoms with Gasteiger partial charge in [-0.3, -0.25) is 4.79 Å². The Hall–Kier alpha value is -3.26. The molecule has 1 aliphatic rings. The molecule has 0 saturated heterocycles. The fourth-order valence-corrected chi connectivity index (χ4v) is 2.98. The zero-order valence-electron chi connectivity index (χ0n) is 14.4. The minimum atomic E-state index is -1.07. The molecule has 0 spiro atoms. The molecule has 2 aromatic rings. The summed E-state index contributed by atoms with van der Waals surface area (Å²) in [6, 6.07) is 12.3. The number of amides is 1. The molecule has 3 rings (SSSR count). The van der Waals surface area contributed by atoms with Crippen molar-refractivity contribution in [3.8, 4) is 18.1 Å². The highest BCUT2D eigenvalue weighted by atomic mass is 16.5. The van der Waals surface area contributed by atoms with Crippen molar-refractivity contribution in [1.29, 1.82) is 0 Å². The lowest BCUT2D eigenvalue weighted by atomic mass is 10.1. The van der Waals surface area contributed by atoms with Crippen LogP contribution in [0.3, 0.4) is 0 Å². The van der Waals surface area contributed by atoms with Gasteiger partial charge < -0.3 is 15.2 Å². The molecule has 1 saturated carbocycles. The van der Waals surface area contributed by atoms with Crippen LogP contribution in [-0.4, -0.2) is 23.6 Å². The summed E-state index contributed by atoms with van der Waals surface area (Å²) in [5.74, 6) is 1.85. The largest absolute Gasteiger partial charge is 0.481 e. The maximum atomic E-state index is 12.5. The van der Waals surface area contributed by atoms with Crippen LogP contribution in [0, 0.1) is 25.2 Å². The number of anilines is 1. The summed E-state index contributed by atoms with van der Waals surface area (Å²) in [5, 5.41) is 11.9. The number of hydrogen-bond donors (Lipinski definition) is 2. The Morgan fingerprint density at radius 1 is 1.31 bits per heavy atom. The highest BCUT2D eigenvalue weighted by Crippen LogP contribution is 2.49. The Bertz CT molecular complexity index is 897. The second-order valence-electron chi connectivity index (χ2n) is 6.31. The minimum Gasteiger partial charge on any atom is -0.481 e. The third kappa shape index (κ3) is 3.70. The fourth-order valence-electron chi connectivity index (χ4n) is 2.98. The number of aryl methyl sites for hydroxylation is 1. The van der Waals surface area contributed by atoms with Crippen molar-refractivity contribution in [2.24, 2.45) is 5.92 Å². The molecule has 5 nitrogen and oxygen atoms in total. The van der Waals surface area contributed by atoms with Crippen molar-refractivity contribution in [3.05, 3.63) is 59.2 Å². The van der Waals surface area contributed by atoms with Crippen LogP contribution in [0.2, 0.25) is 0 Å². The number of carbonyl (C=O) groups excluding carboxylic acids is 1. The predicted molar refractivity (Wildman–Crippen MR) is 98.4 cm³/mol. The SMILES string of the molecule is C#CCOc1cc(C2CC2C(=O)Nc2ccccc2C(=O)O)ccc1C. The van der Waals surface area contributed by atoms with E-state index in [1.54, 1.807) is 18.2 Å². The minimum absolute atomic E-state index is 0.0818. The second kappa shape index (κ2) is 7.32. The highest BCUT2D eigenvalue weighted by molar-refractivity contribution is 6.02. The van der Waals surface area contributed by atoms with Gasteiger partial charge in [0.1, 0.15) is 12.4 Å². The fraction of sp³-hybridized carbons (Fsp3) is 0.238. The first kappa shape index (κ1) is 17.6. The van der Waals surface area contributed by atoms with Gasteiger partial charge in [0.15, 0.2) is 0 Å². The number of hydrogen-bond acceptors (Lipinski definition) is 3. The molecular weight excluding hydrogens is 330 g/mol. The maximum Gasteiger partial charge on any atom is 0.337 e. The number of rotatable bonds is 6. The van der Waals surface area contributed by atoms with Crippen LogP contribution < -0.4 is 10.1 Å². The van der Waals surface area contributed by atoms with Gasteiger partial charge in [0, 0.05) is 5.92 Å². The molecule has 2 N–H and O–H groups in total. The van der Waals surface area contributed by atoms with Crippen LogP contribution in [0.15, 0.2) is 42.5 Å². The Balaban J connectivity index is 1.70. The lowest BCUT2D eigenvalue weighted by molar-refractivity contribution is -0.117. The number of carboxylic acid groups (broad SMARTS) is 1. The topological polar surface area (TPSA) is 75.6 Å². The summed E-state index contributed by atoms with van der Waals surface area (Å²) in [7, 11) is 0. The number of nitrogens with one attached hydrogen (secondary N) is 1. The number of aromatic carboxylic acids is 1. The van der Waals surface area contributed by atoms with Gasteiger partial charge in [-0.2, -0.15) is 0 Å². The molecule has 1 aliphatic carbocycles. The predicted octanol–water partition coefficient (Wildman–Crippen LogP) is 3.45. The number of carboxylic acids is 1. The Labute approximate surface area is 152 Å². The van der Waals surface area contributed by atoms with Crippen LogP contribution in [0.4, 0.5) is 5.69 Å². The first-order valence-electron chi connectivity index (χ1n) is 8.31. The van der Waals surface area contributed by atoms with Gasteiger partial charge in [-0.1, -0.05) is 30.2 Å². The summed E-state index contributed by atoms with van der Waals surface area (Å²) in [5.41, 5.74) is 2.41. The van der Waals surface area contributed by atoms with Crippen molar-refractivity contribution >= 4 is 17.6 Å². The van der Waals surface area contributed by atoms with Crippen LogP contribution in [0.1, 0.15) is 33.8 Å². The Morgan fingerprint density at radius 2 is 2.08 bits per heavy atom. The molecule has 0 bridgehead atoms. The van der Waals surface area contributed by atoms with Crippen LogP contribution in [-0.2, 0) is 4.79 Å². The molecule has 2 aromatic carbocycles. The molecule has 5 heteroatoms. The number of carbonyl (C=O) groups is 2. The number of ether oxygens (including phenoxy) is 1. The van der Waals surface area contributed by atoms with E-state index in [0.717, 1.165) is 23.3 Å². The van der Waals surface area contributed by atoms with E-state index in [2.05, 4.69) is 11.2 Å². The van der Waals surface area contributed by atoms with Gasteiger partial charge in [-0.25, -0.2) is 4.79 Å². The lowest BCUT2D eigenvalue weighted by Crippen LogP contribution is -2.17. The van der Waals surface area contributed by atoms with Crippen molar-refractivity contribution in [1.82, 2.24) is 0 Å². The average molecular weight is 349 g/mol. The second-order valence-corrected chi connectivity index (χ2v) is 6.31. The number of benzene rings is 2. The van der Waals surface area contributed by atoms with E-state index < -0.39 is 5.97 Å². The monoisotopic (exact) mass is 349 g/mol. The van der Waals surface area contributed by atoms with Crippen LogP contribution in [0.25, 0.3) is 0 Å². The van der Waals surface area contributed by atoms with Crippen molar-refractivity contribution in [3.63, 3.8) is 0 Å². The zero-order valence-corrected chi connectivity index (χ0v) is 14.4. The van der Waals surface area contributed by atoms with Gasteiger partial charge in [0.25, 0.3) is 0 Å². The summed E-state index contributed by atoms with van der Waals surface area (Å²) in [4.78, 5) is 23.7. The summed E-state index contributed by atoms with van der Waals surface area (Å²) in [6.45, 7) is 2.14. The molecule has 1 amide bonds. The third-order valence-corrected chi connectivity index (χ3v) is 4.49. The maximum absolute atomic E-state index is 12.5. The van der Waals surface area contributed by atoms with Gasteiger partial charge in [0.05, 0.1) is 11.3 Å². The van der Waals surface area contributed by atoms with Crippen molar-refractivity contribution < 1.29 is 19.4 Å². The smallest absolute Gasteiger partial charge is 0.337 e. The van der Waals surface area contributed by atoms with Crippen molar-refractivity contribution in [2.75, 3.05) is 11.9 Å². The first-order chi connectivity index (χ1) is 12.5. The van der Waals surface area contributed by atoms with Gasteiger partial charge >= 0.3 is 5.97 Å². The molecule has 1 fully saturated rings. The molecule has 0 heterocycles. The quantitative estimate of drug-likeness (QED) is 0.783. The third-order valence-electron chi connectivity index (χ3n) is 4.49. The van der Waals surface area contributed by atoms with E-state index in [0.29, 0.717) is 5.69 Å². The van der Waals surface area contributed by atoms with E-state index in [1.807, 2.05) is 25.1 Å². The average Bonchev–Trinajstić information content (AvgIpc) is 3.42. The van der Waals surface area contributed by atoms with Crippen LogP contribution in [0.5, 0.6) is 5.75 Å². The molecule has 0 radical (unpaired) electrons. The van der Waals surface area contributed by atoms with Crippen molar-refractivity contribution in [2.45, 2.75) is 19.3 Å². The zero-order chi connectivity index (χ0) is 18.7. The first-order valence-corrected chi connectivity index (χ1v) is 8.31. The number of para-hydroxylation sites is 1. The van der Waals surface area contributed by atoms with E-state index >= 15 is 0 Å². The number of terminal acetylenes is 1. The molecule has 2 atom stereocenters. The van der Waals surface area contributed by atoms with E-state index in [-0.39, 0.29) is 29.9 Å².